The number of fused-ring (bicyclic) bond motifs is 1. The van der Waals surface area contributed by atoms with Crippen LogP contribution in [0.25, 0.3) is 21.9 Å². The van der Waals surface area contributed by atoms with Gasteiger partial charge in [-0.15, -0.1) is 0 Å². The Bertz CT molecular complexity index is 1420. The summed E-state index contributed by atoms with van der Waals surface area (Å²) in [6, 6.07) is 12.6. The molecule has 0 bridgehead atoms. The Kier molecular flexibility index (Phi) is 6.14. The van der Waals surface area contributed by atoms with Gasteiger partial charge in [0.25, 0.3) is 0 Å². The molecule has 33 heavy (non-hydrogen) atoms. The van der Waals surface area contributed by atoms with Crippen molar-refractivity contribution in [2.24, 2.45) is 0 Å². The highest BCUT2D eigenvalue weighted by molar-refractivity contribution is 5.84. The third-order valence-electron chi connectivity index (χ3n) is 4.87. The summed E-state index contributed by atoms with van der Waals surface area (Å²) in [7, 11) is 0. The van der Waals surface area contributed by atoms with Crippen molar-refractivity contribution in [2.45, 2.75) is 0 Å². The summed E-state index contributed by atoms with van der Waals surface area (Å²) in [5.41, 5.74) is -0.124. The van der Waals surface area contributed by atoms with Crippen molar-refractivity contribution >= 4 is 10.8 Å². The first-order valence-corrected chi connectivity index (χ1v) is 9.79. The zero-order valence-corrected chi connectivity index (χ0v) is 17.1. The van der Waals surface area contributed by atoms with Crippen LogP contribution in [0.4, 0.5) is 22.0 Å². The molecular weight excluding hydrogens is 435 g/mol. The molecule has 0 saturated carbocycles. The largest absolute Gasteiger partial charge is 0.489 e. The van der Waals surface area contributed by atoms with E-state index in [-0.39, 0.29) is 23.5 Å². The lowest BCUT2D eigenvalue weighted by molar-refractivity contribution is 0.361. The molecule has 0 aliphatic heterocycles. The van der Waals surface area contributed by atoms with E-state index in [0.717, 1.165) is 30.3 Å². The molecule has 0 N–H and O–H groups in total. The van der Waals surface area contributed by atoms with Gasteiger partial charge in [-0.2, -0.15) is 0 Å². The Morgan fingerprint density at radius 1 is 0.697 bits per heavy atom. The fourth-order valence-corrected chi connectivity index (χ4v) is 3.28. The molecule has 0 aliphatic rings. The van der Waals surface area contributed by atoms with E-state index in [4.69, 9.17) is 4.74 Å². The van der Waals surface area contributed by atoms with Gasteiger partial charge in [0.2, 0.25) is 0 Å². The molecule has 0 unspecified atom stereocenters. The molecule has 0 fully saturated rings. The third kappa shape index (κ3) is 4.73. The minimum Gasteiger partial charge on any atom is -0.489 e. The van der Waals surface area contributed by atoms with Crippen LogP contribution in [0.2, 0.25) is 0 Å². The lowest BCUT2D eigenvalue weighted by Crippen LogP contribution is -1.96. The van der Waals surface area contributed by atoms with Crippen molar-refractivity contribution in [3.63, 3.8) is 0 Å². The molecule has 4 rings (SSSR count). The zero-order valence-electron chi connectivity index (χ0n) is 17.1. The molecule has 4 aromatic rings. The summed E-state index contributed by atoms with van der Waals surface area (Å²) in [6.45, 7) is 3.70. The Hall–Kier alpha value is -4.11. The van der Waals surface area contributed by atoms with Crippen LogP contribution in [0, 0.1) is 40.9 Å². The zero-order chi connectivity index (χ0) is 23.5. The molecule has 0 saturated heterocycles. The quantitative estimate of drug-likeness (QED) is 0.182. The second-order valence-corrected chi connectivity index (χ2v) is 7.13. The van der Waals surface area contributed by atoms with Gasteiger partial charge in [-0.1, -0.05) is 30.6 Å². The second-order valence-electron chi connectivity index (χ2n) is 7.13. The molecule has 4 aromatic carbocycles. The summed E-state index contributed by atoms with van der Waals surface area (Å²) in [4.78, 5) is 0. The summed E-state index contributed by atoms with van der Waals surface area (Å²) in [5.74, 6) is 0.707. The summed E-state index contributed by atoms with van der Waals surface area (Å²) < 4.78 is 75.8. The molecule has 1 nitrogen and oxygen atoms in total. The van der Waals surface area contributed by atoms with Gasteiger partial charge < -0.3 is 4.74 Å². The van der Waals surface area contributed by atoms with Crippen molar-refractivity contribution < 1.29 is 26.7 Å². The Morgan fingerprint density at radius 2 is 1.39 bits per heavy atom. The summed E-state index contributed by atoms with van der Waals surface area (Å²) in [5, 5.41) is 0.858. The number of rotatable bonds is 4. The molecule has 0 heterocycles. The smallest absolute Gasteiger partial charge is 0.159 e. The van der Waals surface area contributed by atoms with Crippen LogP contribution in [0.5, 0.6) is 5.75 Å². The van der Waals surface area contributed by atoms with Crippen LogP contribution < -0.4 is 4.74 Å². The maximum Gasteiger partial charge on any atom is 0.159 e. The van der Waals surface area contributed by atoms with Gasteiger partial charge in [-0.25, -0.2) is 22.0 Å². The standard InChI is InChI=1S/C27H15F5O/c1-2-9-33-20-6-8-21(25(30)15-20)19-13-23(28)22(24(29)14-19)7-4-16-3-5-17-11-26(31)27(32)12-18(17)10-16/h2-3,5-6,8,10-15H,1,9H2. The van der Waals surface area contributed by atoms with Crippen LogP contribution >= 0.6 is 0 Å². The van der Waals surface area contributed by atoms with Crippen LogP contribution in [-0.2, 0) is 0 Å². The fraction of sp³-hybridized carbons (Fsp3) is 0.0370. The lowest BCUT2D eigenvalue weighted by Gasteiger charge is -2.09. The molecule has 0 atom stereocenters. The number of hydrogen-bond donors (Lipinski definition) is 0. The highest BCUT2D eigenvalue weighted by atomic mass is 19.2. The van der Waals surface area contributed by atoms with Gasteiger partial charge in [0.1, 0.15) is 29.8 Å². The Morgan fingerprint density at radius 3 is 2.06 bits per heavy atom. The van der Waals surface area contributed by atoms with Gasteiger partial charge in [0.15, 0.2) is 11.6 Å². The number of halogens is 5. The fourth-order valence-electron chi connectivity index (χ4n) is 3.28. The average molecular weight is 450 g/mol. The highest BCUT2D eigenvalue weighted by Gasteiger charge is 2.14. The van der Waals surface area contributed by atoms with E-state index in [2.05, 4.69) is 18.4 Å². The minimum absolute atomic E-state index is 0.00190. The first kappa shape index (κ1) is 22.1. The molecule has 0 radical (unpaired) electrons. The van der Waals surface area contributed by atoms with E-state index in [0.29, 0.717) is 16.3 Å². The summed E-state index contributed by atoms with van der Waals surface area (Å²) in [6.07, 6.45) is 1.51. The first-order valence-electron chi connectivity index (χ1n) is 9.79. The van der Waals surface area contributed by atoms with E-state index in [9.17, 15) is 22.0 Å². The van der Waals surface area contributed by atoms with Crippen LogP contribution in [0.1, 0.15) is 11.1 Å². The number of hydrogen-bond acceptors (Lipinski definition) is 1. The SMILES string of the molecule is C=CCOc1ccc(-c2cc(F)c(C#Cc3ccc4cc(F)c(F)cc4c3)c(F)c2)c(F)c1. The number of benzene rings is 4. The van der Waals surface area contributed by atoms with E-state index in [1.807, 2.05) is 0 Å². The Balaban J connectivity index is 1.65. The average Bonchev–Trinajstić information content (AvgIpc) is 2.78. The van der Waals surface area contributed by atoms with Gasteiger partial charge in [0.05, 0.1) is 5.56 Å². The predicted octanol–water partition coefficient (Wildman–Crippen LogP) is 7.17. The minimum atomic E-state index is -1.01. The van der Waals surface area contributed by atoms with E-state index >= 15 is 0 Å². The Labute approximate surface area is 186 Å². The van der Waals surface area contributed by atoms with Crippen molar-refractivity contribution in [2.75, 3.05) is 6.61 Å². The molecular formula is C27H15F5O. The molecule has 0 spiro atoms. The van der Waals surface area contributed by atoms with Crippen LogP contribution in [0.15, 0.2) is 73.3 Å². The van der Waals surface area contributed by atoms with Crippen LogP contribution in [0.3, 0.4) is 0 Å². The van der Waals surface area contributed by atoms with Crippen LogP contribution in [-0.4, -0.2) is 6.61 Å². The molecule has 0 aliphatic carbocycles. The molecule has 0 aromatic heterocycles. The van der Waals surface area contributed by atoms with E-state index in [1.54, 1.807) is 0 Å². The van der Waals surface area contributed by atoms with Gasteiger partial charge in [-0.3, -0.25) is 0 Å². The first-order chi connectivity index (χ1) is 15.9. The third-order valence-corrected chi connectivity index (χ3v) is 4.87. The second kappa shape index (κ2) is 9.17. The van der Waals surface area contributed by atoms with Crippen molar-refractivity contribution in [3.8, 4) is 28.7 Å². The number of ether oxygens (including phenoxy) is 1. The van der Waals surface area contributed by atoms with Gasteiger partial charge in [0, 0.05) is 17.2 Å². The maximum atomic E-state index is 14.6. The monoisotopic (exact) mass is 450 g/mol. The summed E-state index contributed by atoms with van der Waals surface area (Å²) >= 11 is 0. The predicted molar refractivity (Wildman–Crippen MR) is 117 cm³/mol. The van der Waals surface area contributed by atoms with Crippen molar-refractivity contribution in [3.05, 3.63) is 114 Å². The molecule has 164 valence electrons. The molecule has 0 amide bonds. The van der Waals surface area contributed by atoms with Crippen molar-refractivity contribution in [1.82, 2.24) is 0 Å². The normalized spacial score (nSPS) is 10.6. The highest BCUT2D eigenvalue weighted by Crippen LogP contribution is 2.29. The molecule has 6 heteroatoms. The topological polar surface area (TPSA) is 9.23 Å². The van der Waals surface area contributed by atoms with Gasteiger partial charge in [-0.05, 0) is 64.9 Å². The van der Waals surface area contributed by atoms with Gasteiger partial charge >= 0.3 is 0 Å². The van der Waals surface area contributed by atoms with E-state index in [1.165, 1.54) is 36.4 Å². The maximum absolute atomic E-state index is 14.6. The van der Waals surface area contributed by atoms with E-state index < -0.39 is 34.6 Å². The lowest BCUT2D eigenvalue weighted by atomic mass is 10.0. The van der Waals surface area contributed by atoms with Crippen molar-refractivity contribution in [1.29, 1.82) is 0 Å².